The van der Waals surface area contributed by atoms with Gasteiger partial charge in [0.1, 0.15) is 6.10 Å². The molecule has 2 aliphatic rings. The van der Waals surface area contributed by atoms with Gasteiger partial charge in [-0.2, -0.15) is 0 Å². The molecule has 0 aromatic heterocycles. The molecule has 1 unspecified atom stereocenters. The van der Waals surface area contributed by atoms with Crippen molar-refractivity contribution in [1.82, 2.24) is 5.32 Å². The van der Waals surface area contributed by atoms with Crippen LogP contribution in [0.1, 0.15) is 18.9 Å². The first-order valence-corrected chi connectivity index (χ1v) is 6.20. The molecule has 1 aromatic rings. The van der Waals surface area contributed by atoms with E-state index >= 15 is 0 Å². The van der Waals surface area contributed by atoms with E-state index in [9.17, 15) is 0 Å². The van der Waals surface area contributed by atoms with E-state index in [0.717, 1.165) is 42.3 Å². The lowest BCUT2D eigenvalue weighted by Gasteiger charge is -2.07. The highest BCUT2D eigenvalue weighted by Crippen LogP contribution is 2.33. The monoisotopic (exact) mass is 248 g/mol. The maximum atomic E-state index is 5.39. The van der Waals surface area contributed by atoms with Crippen LogP contribution < -0.4 is 14.8 Å². The molecular formula is C13H16N2O3. The number of benzene rings is 1. The molecular weight excluding hydrogens is 232 g/mol. The van der Waals surface area contributed by atoms with Gasteiger partial charge in [0.2, 0.25) is 6.79 Å². The van der Waals surface area contributed by atoms with Gasteiger partial charge in [0, 0.05) is 18.5 Å². The second-order valence-corrected chi connectivity index (χ2v) is 4.35. The minimum Gasteiger partial charge on any atom is -0.454 e. The van der Waals surface area contributed by atoms with Crippen LogP contribution in [0.5, 0.6) is 11.5 Å². The Balaban J connectivity index is 1.69. The van der Waals surface area contributed by atoms with Gasteiger partial charge in [-0.1, -0.05) is 12.1 Å². The highest BCUT2D eigenvalue weighted by Gasteiger charge is 2.23. The Bertz CT molecular complexity index is 473. The van der Waals surface area contributed by atoms with Crippen molar-refractivity contribution in [3.8, 4) is 11.5 Å². The van der Waals surface area contributed by atoms with E-state index in [-0.39, 0.29) is 6.10 Å². The molecule has 18 heavy (non-hydrogen) atoms. The maximum absolute atomic E-state index is 5.39. The van der Waals surface area contributed by atoms with Crippen LogP contribution in [0.2, 0.25) is 0 Å². The fraction of sp³-hybridized carbons (Fsp3) is 0.462. The van der Waals surface area contributed by atoms with E-state index in [0.29, 0.717) is 6.79 Å². The second-order valence-electron chi connectivity index (χ2n) is 4.35. The van der Waals surface area contributed by atoms with Crippen molar-refractivity contribution in [2.75, 3.05) is 19.9 Å². The van der Waals surface area contributed by atoms with Gasteiger partial charge < -0.3 is 19.6 Å². The van der Waals surface area contributed by atoms with Crippen LogP contribution in [0.15, 0.2) is 23.4 Å². The average molecular weight is 248 g/mol. The molecule has 1 aromatic carbocycles. The molecule has 0 bridgehead atoms. The highest BCUT2D eigenvalue weighted by molar-refractivity contribution is 6.01. The molecule has 2 aliphatic heterocycles. The molecule has 1 N–H and O–H groups in total. The Kier molecular flexibility index (Phi) is 3.06. The first-order valence-electron chi connectivity index (χ1n) is 6.20. The number of hydrogen-bond acceptors (Lipinski definition) is 5. The van der Waals surface area contributed by atoms with Crippen LogP contribution in [0, 0.1) is 0 Å². The van der Waals surface area contributed by atoms with Crippen LogP contribution in [-0.4, -0.2) is 31.7 Å². The maximum Gasteiger partial charge on any atom is 0.231 e. The number of fused-ring (bicyclic) bond motifs is 1. The first kappa shape index (κ1) is 11.3. The number of rotatable bonds is 4. The van der Waals surface area contributed by atoms with Crippen molar-refractivity contribution >= 4 is 5.71 Å². The minimum atomic E-state index is 0.130. The Morgan fingerprint density at radius 2 is 2.22 bits per heavy atom. The Morgan fingerprint density at radius 3 is 3.11 bits per heavy atom. The lowest BCUT2D eigenvalue weighted by Crippen LogP contribution is -2.26. The van der Waals surface area contributed by atoms with Crippen LogP contribution in [0.3, 0.4) is 0 Å². The molecule has 0 amide bonds. The molecule has 0 saturated heterocycles. The average Bonchev–Trinajstić information content (AvgIpc) is 3.04. The zero-order valence-electron chi connectivity index (χ0n) is 10.3. The van der Waals surface area contributed by atoms with Crippen LogP contribution in [0.4, 0.5) is 0 Å². The summed E-state index contributed by atoms with van der Waals surface area (Å²) in [4.78, 5) is 5.39. The lowest BCUT2D eigenvalue weighted by atomic mass is 10.0. The number of nitrogens with zero attached hydrogens (tertiary/aromatic N) is 1. The van der Waals surface area contributed by atoms with E-state index in [1.54, 1.807) is 0 Å². The summed E-state index contributed by atoms with van der Waals surface area (Å²) in [5, 5.41) is 7.41. The van der Waals surface area contributed by atoms with E-state index in [1.807, 2.05) is 18.2 Å². The van der Waals surface area contributed by atoms with Crippen LogP contribution in [-0.2, 0) is 4.84 Å². The third-order valence-corrected chi connectivity index (χ3v) is 3.06. The summed E-state index contributed by atoms with van der Waals surface area (Å²) in [7, 11) is 0. The van der Waals surface area contributed by atoms with Crippen LogP contribution in [0.25, 0.3) is 0 Å². The Labute approximate surface area is 106 Å². The number of oxime groups is 1. The Morgan fingerprint density at radius 1 is 1.33 bits per heavy atom. The van der Waals surface area contributed by atoms with Crippen molar-refractivity contribution < 1.29 is 14.3 Å². The highest BCUT2D eigenvalue weighted by atomic mass is 16.7. The molecule has 5 nitrogen and oxygen atoms in total. The fourth-order valence-corrected chi connectivity index (χ4v) is 2.09. The predicted octanol–water partition coefficient (Wildman–Crippen LogP) is 1.52. The van der Waals surface area contributed by atoms with Gasteiger partial charge in [-0.05, 0) is 24.7 Å². The first-order chi connectivity index (χ1) is 8.86. The molecule has 0 aliphatic carbocycles. The van der Waals surface area contributed by atoms with Gasteiger partial charge in [0.05, 0.1) is 5.71 Å². The van der Waals surface area contributed by atoms with Crippen molar-refractivity contribution in [2.24, 2.45) is 5.16 Å². The van der Waals surface area contributed by atoms with Crippen molar-refractivity contribution in [3.05, 3.63) is 23.8 Å². The van der Waals surface area contributed by atoms with Crippen molar-refractivity contribution in [1.29, 1.82) is 0 Å². The number of nitrogens with one attached hydrogen (secondary N) is 1. The topological polar surface area (TPSA) is 52.1 Å². The Hall–Kier alpha value is -1.75. The molecule has 96 valence electrons. The van der Waals surface area contributed by atoms with Gasteiger partial charge in [0.25, 0.3) is 0 Å². The quantitative estimate of drug-likeness (QED) is 0.877. The summed E-state index contributed by atoms with van der Waals surface area (Å²) >= 11 is 0. The molecule has 0 spiro atoms. The zero-order valence-corrected chi connectivity index (χ0v) is 10.3. The van der Waals surface area contributed by atoms with Crippen LogP contribution >= 0.6 is 0 Å². The van der Waals surface area contributed by atoms with E-state index < -0.39 is 0 Å². The third kappa shape index (κ3) is 2.13. The summed E-state index contributed by atoms with van der Waals surface area (Å²) in [5.41, 5.74) is 2.01. The smallest absolute Gasteiger partial charge is 0.231 e. The van der Waals surface area contributed by atoms with Gasteiger partial charge >= 0.3 is 0 Å². The standard InChI is InChI=1S/C13H16N2O3/c1-2-14-7-10-6-11(15-18-10)9-3-4-12-13(5-9)17-8-16-12/h3-5,10,14H,2,6-8H2,1H3. The molecule has 0 radical (unpaired) electrons. The summed E-state index contributed by atoms with van der Waals surface area (Å²) in [6.45, 7) is 4.15. The van der Waals surface area contributed by atoms with Gasteiger partial charge in [-0.25, -0.2) is 0 Å². The molecule has 0 fully saturated rings. The van der Waals surface area contributed by atoms with E-state index in [1.165, 1.54) is 0 Å². The normalized spacial score (nSPS) is 20.7. The molecule has 3 rings (SSSR count). The molecule has 5 heteroatoms. The molecule has 1 atom stereocenters. The SMILES string of the molecule is CCNCC1CC(c2ccc3c(c2)OCO3)=NO1. The predicted molar refractivity (Wildman–Crippen MR) is 67.1 cm³/mol. The van der Waals surface area contributed by atoms with E-state index in [4.69, 9.17) is 14.3 Å². The van der Waals surface area contributed by atoms with Gasteiger partial charge in [0.15, 0.2) is 11.5 Å². The zero-order chi connectivity index (χ0) is 12.4. The molecule has 2 heterocycles. The minimum absolute atomic E-state index is 0.130. The summed E-state index contributed by atoms with van der Waals surface area (Å²) < 4.78 is 10.6. The summed E-state index contributed by atoms with van der Waals surface area (Å²) in [6, 6.07) is 5.86. The van der Waals surface area contributed by atoms with Gasteiger partial charge in [-0.15, -0.1) is 0 Å². The third-order valence-electron chi connectivity index (χ3n) is 3.06. The summed E-state index contributed by atoms with van der Waals surface area (Å²) in [6.07, 6.45) is 0.956. The van der Waals surface area contributed by atoms with Crippen molar-refractivity contribution in [3.63, 3.8) is 0 Å². The summed E-state index contributed by atoms with van der Waals surface area (Å²) in [5.74, 6) is 1.58. The fourth-order valence-electron chi connectivity index (χ4n) is 2.09. The molecule has 0 saturated carbocycles. The largest absolute Gasteiger partial charge is 0.454 e. The van der Waals surface area contributed by atoms with E-state index in [2.05, 4.69) is 17.4 Å². The van der Waals surface area contributed by atoms with Crippen molar-refractivity contribution in [2.45, 2.75) is 19.4 Å². The number of likely N-dealkylation sites (N-methyl/N-ethyl adjacent to an activating group) is 1. The lowest BCUT2D eigenvalue weighted by molar-refractivity contribution is 0.0855. The second kappa shape index (κ2) is 4.86. The number of hydrogen-bond donors (Lipinski definition) is 1. The van der Waals surface area contributed by atoms with Gasteiger partial charge in [-0.3, -0.25) is 0 Å². The number of ether oxygens (including phenoxy) is 2.